The maximum absolute atomic E-state index is 11.6. The van der Waals surface area contributed by atoms with Gasteiger partial charge in [0.1, 0.15) is 0 Å². The van der Waals surface area contributed by atoms with Crippen LogP contribution < -0.4 is 0 Å². The van der Waals surface area contributed by atoms with Crippen molar-refractivity contribution in [2.45, 2.75) is 51.4 Å². The monoisotopic (exact) mass is 226 g/mol. The van der Waals surface area contributed by atoms with Gasteiger partial charge in [0.2, 0.25) is 0 Å². The van der Waals surface area contributed by atoms with E-state index in [1.54, 1.807) is 0 Å². The van der Waals surface area contributed by atoms with Crippen LogP contribution in [0, 0.1) is 10.8 Å². The van der Waals surface area contributed by atoms with Crippen LogP contribution >= 0.6 is 0 Å². The molecule has 16 heavy (non-hydrogen) atoms. The zero-order valence-electron chi connectivity index (χ0n) is 9.37. The molecule has 0 atom stereocenters. The van der Waals surface area contributed by atoms with E-state index in [4.69, 9.17) is 0 Å². The summed E-state index contributed by atoms with van der Waals surface area (Å²) in [6.45, 7) is 0. The third-order valence-corrected chi connectivity index (χ3v) is 4.65. The van der Waals surface area contributed by atoms with Gasteiger partial charge in [-0.3, -0.25) is 9.59 Å². The maximum atomic E-state index is 11.6. The number of fused-ring (bicyclic) bond motifs is 1. The Morgan fingerprint density at radius 3 is 1.12 bits per heavy atom. The average Bonchev–Trinajstić information content (AvgIpc) is 2.28. The molecule has 2 aliphatic rings. The Labute approximate surface area is 94.7 Å². The van der Waals surface area contributed by atoms with Crippen molar-refractivity contribution in [3.05, 3.63) is 0 Å². The molecule has 0 spiro atoms. The number of hydrogen-bond acceptors (Lipinski definition) is 2. The molecule has 2 saturated carbocycles. The molecule has 4 nitrogen and oxygen atoms in total. The molecule has 2 rings (SSSR count). The van der Waals surface area contributed by atoms with Crippen LogP contribution in [0.15, 0.2) is 0 Å². The molecule has 0 aromatic rings. The summed E-state index contributed by atoms with van der Waals surface area (Å²) in [5.41, 5.74) is -1.98. The van der Waals surface area contributed by atoms with Gasteiger partial charge < -0.3 is 10.2 Å². The normalized spacial score (nSPS) is 38.8. The van der Waals surface area contributed by atoms with E-state index in [2.05, 4.69) is 0 Å². The fourth-order valence-corrected chi connectivity index (χ4v) is 3.75. The maximum Gasteiger partial charge on any atom is 0.310 e. The average molecular weight is 226 g/mol. The molecule has 0 saturated heterocycles. The second-order valence-electron chi connectivity index (χ2n) is 5.19. The molecule has 2 N–H and O–H groups in total. The summed E-state index contributed by atoms with van der Waals surface area (Å²) in [4.78, 5) is 23.1. The number of carboxylic acid groups (broad SMARTS) is 2. The van der Waals surface area contributed by atoms with Crippen molar-refractivity contribution >= 4 is 11.9 Å². The van der Waals surface area contributed by atoms with Crippen molar-refractivity contribution in [3.63, 3.8) is 0 Å². The number of aliphatic carboxylic acids is 2. The quantitative estimate of drug-likeness (QED) is 0.757. The molecule has 2 aliphatic carbocycles. The van der Waals surface area contributed by atoms with E-state index < -0.39 is 22.8 Å². The van der Waals surface area contributed by atoms with E-state index >= 15 is 0 Å². The van der Waals surface area contributed by atoms with Crippen molar-refractivity contribution in [1.29, 1.82) is 0 Å². The molecule has 0 amide bonds. The summed E-state index contributed by atoms with van der Waals surface area (Å²) in [6, 6.07) is 0. The number of hydrogen-bond donors (Lipinski definition) is 2. The first-order valence-corrected chi connectivity index (χ1v) is 6.02. The lowest BCUT2D eigenvalue weighted by molar-refractivity contribution is -0.185. The van der Waals surface area contributed by atoms with Crippen LogP contribution in [0.4, 0.5) is 0 Å². The van der Waals surface area contributed by atoms with Crippen LogP contribution in [-0.2, 0) is 9.59 Å². The first kappa shape index (κ1) is 11.4. The molecule has 0 aliphatic heterocycles. The second-order valence-corrected chi connectivity index (χ2v) is 5.19. The lowest BCUT2D eigenvalue weighted by Gasteiger charge is -2.51. The number of carbonyl (C=O) groups is 2. The highest BCUT2D eigenvalue weighted by molar-refractivity contribution is 5.87. The van der Waals surface area contributed by atoms with Crippen LogP contribution in [0.1, 0.15) is 51.4 Å². The Bertz CT molecular complexity index is 277. The molecule has 2 fully saturated rings. The summed E-state index contributed by atoms with van der Waals surface area (Å²) in [5.74, 6) is -1.79. The largest absolute Gasteiger partial charge is 0.481 e. The van der Waals surface area contributed by atoms with E-state index in [1.807, 2.05) is 0 Å². The molecule has 0 aromatic carbocycles. The zero-order chi connectivity index (χ0) is 11.8. The highest BCUT2D eigenvalue weighted by atomic mass is 16.4. The number of carboxylic acids is 2. The molecular formula is C12H18O4. The Balaban J connectivity index is 2.47. The summed E-state index contributed by atoms with van der Waals surface area (Å²) in [6.07, 6.45) is 5.54. The molecule has 0 radical (unpaired) electrons. The van der Waals surface area contributed by atoms with Gasteiger partial charge in [-0.05, 0) is 25.7 Å². The van der Waals surface area contributed by atoms with Crippen LogP contribution in [0.2, 0.25) is 0 Å². The van der Waals surface area contributed by atoms with E-state index in [0.29, 0.717) is 25.7 Å². The van der Waals surface area contributed by atoms with Crippen molar-refractivity contribution < 1.29 is 19.8 Å². The zero-order valence-corrected chi connectivity index (χ0v) is 9.37. The van der Waals surface area contributed by atoms with E-state index in [-0.39, 0.29) is 0 Å². The predicted molar refractivity (Wildman–Crippen MR) is 57.1 cm³/mol. The van der Waals surface area contributed by atoms with Crippen molar-refractivity contribution in [1.82, 2.24) is 0 Å². The van der Waals surface area contributed by atoms with Gasteiger partial charge in [0.25, 0.3) is 0 Å². The molecular weight excluding hydrogens is 208 g/mol. The minimum Gasteiger partial charge on any atom is -0.481 e. The van der Waals surface area contributed by atoms with Gasteiger partial charge in [-0.1, -0.05) is 25.7 Å². The van der Waals surface area contributed by atoms with Gasteiger partial charge in [0.05, 0.1) is 10.8 Å². The second kappa shape index (κ2) is 3.75. The molecule has 0 aromatic heterocycles. The fraction of sp³-hybridized carbons (Fsp3) is 0.833. The summed E-state index contributed by atoms with van der Waals surface area (Å²) in [5, 5.41) is 18.9. The van der Waals surface area contributed by atoms with Gasteiger partial charge in [-0.25, -0.2) is 0 Å². The minimum atomic E-state index is -0.991. The number of rotatable bonds is 2. The van der Waals surface area contributed by atoms with E-state index in [1.165, 1.54) is 0 Å². The van der Waals surface area contributed by atoms with E-state index in [9.17, 15) is 19.8 Å². The Morgan fingerprint density at radius 2 is 0.938 bits per heavy atom. The first-order valence-electron chi connectivity index (χ1n) is 6.02. The van der Waals surface area contributed by atoms with Gasteiger partial charge >= 0.3 is 11.9 Å². The Morgan fingerprint density at radius 1 is 0.688 bits per heavy atom. The highest BCUT2D eigenvalue weighted by Gasteiger charge is 2.62. The highest BCUT2D eigenvalue weighted by Crippen LogP contribution is 2.59. The third kappa shape index (κ3) is 1.28. The smallest absolute Gasteiger partial charge is 0.310 e. The summed E-state index contributed by atoms with van der Waals surface area (Å²) < 4.78 is 0. The van der Waals surface area contributed by atoms with Crippen molar-refractivity contribution in [2.24, 2.45) is 10.8 Å². The Kier molecular flexibility index (Phi) is 2.68. The van der Waals surface area contributed by atoms with Crippen LogP contribution in [-0.4, -0.2) is 22.2 Å². The fourth-order valence-electron chi connectivity index (χ4n) is 3.75. The lowest BCUT2D eigenvalue weighted by atomic mass is 9.50. The van der Waals surface area contributed by atoms with Gasteiger partial charge in [0.15, 0.2) is 0 Å². The minimum absolute atomic E-state index is 0.536. The molecule has 90 valence electrons. The van der Waals surface area contributed by atoms with E-state index in [0.717, 1.165) is 25.7 Å². The summed E-state index contributed by atoms with van der Waals surface area (Å²) >= 11 is 0. The van der Waals surface area contributed by atoms with Gasteiger partial charge in [-0.15, -0.1) is 0 Å². The first-order chi connectivity index (χ1) is 7.55. The van der Waals surface area contributed by atoms with Gasteiger partial charge in [-0.2, -0.15) is 0 Å². The summed E-state index contributed by atoms with van der Waals surface area (Å²) in [7, 11) is 0. The van der Waals surface area contributed by atoms with Crippen LogP contribution in [0.25, 0.3) is 0 Å². The standard InChI is InChI=1S/C12H18O4/c13-9(14)11-5-1-2-6-12(11,10(15)16)8-4-3-7-11/h1-8H2,(H,13,14)(H,15,16). The molecule has 0 unspecified atom stereocenters. The molecule has 4 heteroatoms. The molecule has 0 bridgehead atoms. The van der Waals surface area contributed by atoms with Crippen molar-refractivity contribution in [2.75, 3.05) is 0 Å². The van der Waals surface area contributed by atoms with Crippen molar-refractivity contribution in [3.8, 4) is 0 Å². The molecule has 0 heterocycles. The Hall–Kier alpha value is -1.06. The SMILES string of the molecule is O=C(O)C12CCCCC1(C(=O)O)CCCC2. The topological polar surface area (TPSA) is 74.6 Å². The van der Waals surface area contributed by atoms with Crippen LogP contribution in [0.3, 0.4) is 0 Å². The van der Waals surface area contributed by atoms with Gasteiger partial charge in [0, 0.05) is 0 Å². The van der Waals surface area contributed by atoms with Crippen LogP contribution in [0.5, 0.6) is 0 Å². The predicted octanol–water partition coefficient (Wildman–Crippen LogP) is 2.28. The lowest BCUT2D eigenvalue weighted by Crippen LogP contribution is -2.56. The third-order valence-electron chi connectivity index (χ3n) is 4.65.